The molecule has 1 fully saturated rings. The first kappa shape index (κ1) is 21.5. The average molecular weight is 390 g/mol. The second kappa shape index (κ2) is 11.8. The van der Waals surface area contributed by atoms with Gasteiger partial charge in [0.25, 0.3) is 5.91 Å². The number of rotatable bonds is 10. The van der Waals surface area contributed by atoms with E-state index in [4.69, 9.17) is 10.5 Å². The van der Waals surface area contributed by atoms with Crippen LogP contribution in [-0.2, 0) is 14.3 Å². The highest BCUT2D eigenvalue weighted by molar-refractivity contribution is 5.92. The zero-order valence-corrected chi connectivity index (χ0v) is 16.2. The van der Waals surface area contributed by atoms with E-state index in [9.17, 15) is 14.4 Å². The highest BCUT2D eigenvalue weighted by atomic mass is 16.5. The van der Waals surface area contributed by atoms with Crippen LogP contribution in [0.3, 0.4) is 0 Å². The normalized spacial score (nSPS) is 13.6. The van der Waals surface area contributed by atoms with Crippen molar-refractivity contribution < 1.29 is 19.1 Å². The van der Waals surface area contributed by atoms with E-state index in [1.54, 1.807) is 0 Å². The molecule has 1 aliphatic rings. The Kier molecular flexibility index (Phi) is 9.10. The van der Waals surface area contributed by atoms with Gasteiger partial charge in [-0.15, -0.1) is 0 Å². The first-order chi connectivity index (χ1) is 13.5. The summed E-state index contributed by atoms with van der Waals surface area (Å²) in [5.74, 6) is -0.761. The number of nitrogens with zero attached hydrogens (tertiary/aromatic N) is 1. The number of carbonyl (C=O) groups excluding carboxylic acids is 3. The summed E-state index contributed by atoms with van der Waals surface area (Å²) >= 11 is 0. The molecule has 1 aromatic rings. The van der Waals surface area contributed by atoms with Crippen LogP contribution in [0.15, 0.2) is 24.3 Å². The van der Waals surface area contributed by atoms with E-state index in [0.717, 1.165) is 31.6 Å². The number of anilines is 2. The van der Waals surface area contributed by atoms with Crippen molar-refractivity contribution in [3.05, 3.63) is 24.3 Å². The van der Waals surface area contributed by atoms with Gasteiger partial charge in [0.05, 0.1) is 0 Å². The maximum atomic E-state index is 11.9. The Morgan fingerprint density at radius 1 is 1.00 bits per heavy atom. The Morgan fingerprint density at radius 3 is 2.39 bits per heavy atom. The highest BCUT2D eigenvalue weighted by Gasteiger charge is 2.11. The number of nitrogens with one attached hydrogen (secondary N) is 2. The lowest BCUT2D eigenvalue weighted by atomic mass is 10.1. The smallest absolute Gasteiger partial charge is 0.312 e. The summed E-state index contributed by atoms with van der Waals surface area (Å²) in [6.07, 6.45) is 6.11. The molecule has 1 aliphatic heterocycles. The summed E-state index contributed by atoms with van der Waals surface area (Å²) in [4.78, 5) is 36.4. The monoisotopic (exact) mass is 390 g/mol. The van der Waals surface area contributed by atoms with Gasteiger partial charge in [0, 0.05) is 37.4 Å². The van der Waals surface area contributed by atoms with Crippen molar-refractivity contribution in [2.24, 2.45) is 5.73 Å². The van der Waals surface area contributed by atoms with Crippen molar-refractivity contribution in [2.45, 2.75) is 44.9 Å². The first-order valence-corrected chi connectivity index (χ1v) is 9.88. The van der Waals surface area contributed by atoms with Gasteiger partial charge < -0.3 is 26.0 Å². The summed E-state index contributed by atoms with van der Waals surface area (Å²) in [5.41, 5.74) is 6.80. The second-order valence-electron chi connectivity index (χ2n) is 6.91. The third-order valence-corrected chi connectivity index (χ3v) is 4.59. The van der Waals surface area contributed by atoms with Gasteiger partial charge in [-0.1, -0.05) is 6.42 Å². The number of carbonyl (C=O) groups is 3. The van der Waals surface area contributed by atoms with Crippen LogP contribution in [0.25, 0.3) is 0 Å². The van der Waals surface area contributed by atoms with Crippen LogP contribution in [-0.4, -0.2) is 44.1 Å². The molecule has 1 heterocycles. The van der Waals surface area contributed by atoms with Gasteiger partial charge in [0.2, 0.25) is 0 Å². The molecule has 8 nitrogen and oxygen atoms in total. The zero-order chi connectivity index (χ0) is 20.2. The Bertz CT molecular complexity index is 642. The number of esters is 1. The molecule has 0 bridgehead atoms. The van der Waals surface area contributed by atoms with Gasteiger partial charge in [-0.3, -0.25) is 9.59 Å². The minimum Gasteiger partial charge on any atom is -0.456 e. The number of unbranched alkanes of at least 4 members (excludes halogenated alkanes) is 2. The SMILES string of the molecule is NC(=O)NCCCCCC(=O)OCC(=O)Nc1ccc(N2CCCCC2)cc1. The number of ether oxygens (including phenoxy) is 1. The van der Waals surface area contributed by atoms with E-state index in [1.165, 1.54) is 19.3 Å². The van der Waals surface area contributed by atoms with Crippen LogP contribution in [0, 0.1) is 0 Å². The maximum Gasteiger partial charge on any atom is 0.312 e. The third kappa shape index (κ3) is 8.28. The van der Waals surface area contributed by atoms with Crippen LogP contribution in [0.1, 0.15) is 44.9 Å². The number of benzene rings is 1. The molecule has 0 aromatic heterocycles. The molecule has 0 atom stereocenters. The van der Waals surface area contributed by atoms with E-state index in [2.05, 4.69) is 15.5 Å². The van der Waals surface area contributed by atoms with Gasteiger partial charge in [0.1, 0.15) is 0 Å². The molecule has 154 valence electrons. The minimum atomic E-state index is -0.549. The first-order valence-electron chi connectivity index (χ1n) is 9.88. The van der Waals surface area contributed by atoms with Crippen molar-refractivity contribution in [1.29, 1.82) is 0 Å². The lowest BCUT2D eigenvalue weighted by molar-refractivity contribution is -0.147. The van der Waals surface area contributed by atoms with Crippen molar-refractivity contribution in [3.8, 4) is 0 Å². The van der Waals surface area contributed by atoms with Crippen LogP contribution in [0.5, 0.6) is 0 Å². The van der Waals surface area contributed by atoms with Crippen LogP contribution in [0.4, 0.5) is 16.2 Å². The number of hydrogen-bond donors (Lipinski definition) is 3. The number of amides is 3. The van der Waals surface area contributed by atoms with Crippen LogP contribution < -0.4 is 21.3 Å². The number of nitrogens with two attached hydrogens (primary N) is 1. The Morgan fingerprint density at radius 2 is 1.71 bits per heavy atom. The van der Waals surface area contributed by atoms with Crippen molar-refractivity contribution in [2.75, 3.05) is 36.5 Å². The van der Waals surface area contributed by atoms with Gasteiger partial charge in [-0.05, 0) is 56.4 Å². The van der Waals surface area contributed by atoms with Gasteiger partial charge in [-0.25, -0.2) is 4.79 Å². The lowest BCUT2D eigenvalue weighted by Gasteiger charge is -2.28. The number of primary amides is 1. The fourth-order valence-corrected chi connectivity index (χ4v) is 3.11. The molecule has 1 saturated heterocycles. The largest absolute Gasteiger partial charge is 0.456 e. The lowest BCUT2D eigenvalue weighted by Crippen LogP contribution is -2.29. The van der Waals surface area contributed by atoms with E-state index in [0.29, 0.717) is 18.7 Å². The van der Waals surface area contributed by atoms with Crippen LogP contribution in [0.2, 0.25) is 0 Å². The van der Waals surface area contributed by atoms with Crippen molar-refractivity contribution in [1.82, 2.24) is 5.32 Å². The molecule has 8 heteroatoms. The molecule has 1 aromatic carbocycles. The minimum absolute atomic E-state index is 0.244. The molecule has 0 aliphatic carbocycles. The Hall–Kier alpha value is -2.77. The number of urea groups is 1. The standard InChI is InChI=1S/C20H30N4O4/c21-20(27)22-12-4-1-3-7-19(26)28-15-18(25)23-16-8-10-17(11-9-16)24-13-5-2-6-14-24/h8-11H,1-7,12-15H2,(H,23,25)(H3,21,22,27). The summed E-state index contributed by atoms with van der Waals surface area (Å²) in [6.45, 7) is 2.34. The topological polar surface area (TPSA) is 114 Å². The molecule has 0 saturated carbocycles. The summed E-state index contributed by atoms with van der Waals surface area (Å²) in [5, 5.41) is 5.22. The highest BCUT2D eigenvalue weighted by Crippen LogP contribution is 2.21. The molecule has 4 N–H and O–H groups in total. The predicted octanol–water partition coefficient (Wildman–Crippen LogP) is 2.39. The van der Waals surface area contributed by atoms with Crippen LogP contribution >= 0.6 is 0 Å². The second-order valence-corrected chi connectivity index (χ2v) is 6.91. The molecule has 0 unspecified atom stereocenters. The van der Waals surface area contributed by atoms with Gasteiger partial charge in [-0.2, -0.15) is 0 Å². The maximum absolute atomic E-state index is 11.9. The molecule has 2 rings (SSSR count). The third-order valence-electron chi connectivity index (χ3n) is 4.59. The summed E-state index contributed by atoms with van der Waals surface area (Å²) in [6, 6.07) is 7.18. The number of hydrogen-bond acceptors (Lipinski definition) is 5. The number of piperidine rings is 1. The fourth-order valence-electron chi connectivity index (χ4n) is 3.11. The van der Waals surface area contributed by atoms with E-state index < -0.39 is 12.0 Å². The Labute approximate surface area is 165 Å². The molecular weight excluding hydrogens is 360 g/mol. The fraction of sp³-hybridized carbons (Fsp3) is 0.550. The zero-order valence-electron chi connectivity index (χ0n) is 16.2. The van der Waals surface area contributed by atoms with E-state index in [-0.39, 0.29) is 18.9 Å². The van der Waals surface area contributed by atoms with E-state index in [1.807, 2.05) is 24.3 Å². The van der Waals surface area contributed by atoms with E-state index >= 15 is 0 Å². The quantitative estimate of drug-likeness (QED) is 0.419. The summed E-state index contributed by atoms with van der Waals surface area (Å²) in [7, 11) is 0. The molecular formula is C20H30N4O4. The van der Waals surface area contributed by atoms with Crippen molar-refractivity contribution in [3.63, 3.8) is 0 Å². The van der Waals surface area contributed by atoms with Gasteiger partial charge >= 0.3 is 12.0 Å². The van der Waals surface area contributed by atoms with Crippen molar-refractivity contribution >= 4 is 29.3 Å². The summed E-state index contributed by atoms with van der Waals surface area (Å²) < 4.78 is 4.99. The van der Waals surface area contributed by atoms with Gasteiger partial charge in [0.15, 0.2) is 6.61 Å². The molecule has 0 spiro atoms. The average Bonchev–Trinajstić information content (AvgIpc) is 2.70. The Balaban J connectivity index is 1.60. The molecule has 0 radical (unpaired) electrons. The molecule has 3 amide bonds. The predicted molar refractivity (Wildman–Crippen MR) is 108 cm³/mol. The molecule has 28 heavy (non-hydrogen) atoms.